The second-order valence-corrected chi connectivity index (χ2v) is 6.17. The Kier molecular flexibility index (Phi) is 5.10. The summed E-state index contributed by atoms with van der Waals surface area (Å²) < 4.78 is 0. The minimum absolute atomic E-state index is 0.0507. The second-order valence-electron chi connectivity index (χ2n) is 5.38. The first-order chi connectivity index (χ1) is 11.1. The number of pyridine rings is 1. The molecule has 1 aromatic heterocycles. The maximum atomic E-state index is 12.1. The number of aromatic nitrogens is 1. The van der Waals surface area contributed by atoms with Gasteiger partial charge in [-0.25, -0.2) is 14.7 Å². The molecule has 1 aliphatic rings. The van der Waals surface area contributed by atoms with Crippen molar-refractivity contribution in [2.75, 3.05) is 11.9 Å². The van der Waals surface area contributed by atoms with Gasteiger partial charge in [0.1, 0.15) is 6.54 Å². The van der Waals surface area contributed by atoms with Gasteiger partial charge in [0.25, 0.3) is 0 Å². The lowest BCUT2D eigenvalue weighted by molar-refractivity contribution is -0.144. The van der Waals surface area contributed by atoms with E-state index in [0.717, 1.165) is 4.90 Å². The molecule has 0 unspecified atom stereocenters. The Morgan fingerprint density at radius 3 is 2.42 bits per heavy atom. The van der Waals surface area contributed by atoms with E-state index in [1.165, 1.54) is 6.20 Å². The Morgan fingerprint density at radius 1 is 1.25 bits per heavy atom. The highest BCUT2D eigenvalue weighted by Crippen LogP contribution is 2.28. The molecule has 8 nitrogen and oxygen atoms in total. The van der Waals surface area contributed by atoms with E-state index in [1.807, 2.05) is 0 Å². The van der Waals surface area contributed by atoms with E-state index in [1.54, 1.807) is 20.8 Å². The van der Waals surface area contributed by atoms with E-state index in [-0.39, 0.29) is 10.8 Å². The first-order valence-corrected chi connectivity index (χ1v) is 7.70. The molecular weight excluding hydrogens is 359 g/mol. The number of nitrogens with zero attached hydrogens (tertiary/aromatic N) is 3. The average Bonchev–Trinajstić information content (AvgIpc) is 2.71. The first kappa shape index (κ1) is 18.2. The molecule has 1 fully saturated rings. The summed E-state index contributed by atoms with van der Waals surface area (Å²) in [7, 11) is 0. The fourth-order valence-electron chi connectivity index (χ4n) is 2.08. The van der Waals surface area contributed by atoms with E-state index in [4.69, 9.17) is 23.2 Å². The molecule has 1 aromatic rings. The zero-order valence-electron chi connectivity index (χ0n) is 13.1. The number of nitrogens with one attached hydrogen (secondary N) is 1. The topological polar surface area (TPSA) is 99.7 Å². The SMILES string of the molecule is Cc1c(Cl)cnc(NC(=O)CN2C(=O)C(=O)N(C(C)C)C2=O)c1Cl. The monoisotopic (exact) mass is 372 g/mol. The molecule has 5 amide bonds. The molecule has 0 atom stereocenters. The lowest BCUT2D eigenvalue weighted by atomic mass is 10.3. The van der Waals surface area contributed by atoms with Crippen molar-refractivity contribution in [1.82, 2.24) is 14.8 Å². The number of anilines is 1. The van der Waals surface area contributed by atoms with Crippen LogP contribution < -0.4 is 5.32 Å². The predicted molar refractivity (Wildman–Crippen MR) is 86.7 cm³/mol. The molecule has 0 saturated carbocycles. The fourth-order valence-corrected chi connectivity index (χ4v) is 2.47. The van der Waals surface area contributed by atoms with Gasteiger partial charge in [0.05, 0.1) is 10.0 Å². The first-order valence-electron chi connectivity index (χ1n) is 6.94. The Hall–Kier alpha value is -2.19. The maximum Gasteiger partial charge on any atom is 0.334 e. The van der Waals surface area contributed by atoms with Crippen molar-refractivity contribution < 1.29 is 19.2 Å². The molecule has 2 heterocycles. The Morgan fingerprint density at radius 2 is 1.88 bits per heavy atom. The van der Waals surface area contributed by atoms with Crippen molar-refractivity contribution in [3.05, 3.63) is 21.8 Å². The maximum absolute atomic E-state index is 12.1. The Bertz CT molecular complexity index is 751. The van der Waals surface area contributed by atoms with Crippen LogP contribution in [0.4, 0.5) is 10.6 Å². The highest BCUT2D eigenvalue weighted by atomic mass is 35.5. The van der Waals surface area contributed by atoms with Crippen LogP contribution in [0.25, 0.3) is 0 Å². The van der Waals surface area contributed by atoms with Crippen LogP contribution in [0.1, 0.15) is 19.4 Å². The summed E-state index contributed by atoms with van der Waals surface area (Å²) in [6, 6.07) is -1.32. The van der Waals surface area contributed by atoms with Crippen LogP contribution in [0.2, 0.25) is 10.0 Å². The number of hydrogen-bond donors (Lipinski definition) is 1. The Balaban J connectivity index is 2.13. The molecule has 10 heteroatoms. The van der Waals surface area contributed by atoms with Crippen LogP contribution in [0, 0.1) is 6.92 Å². The van der Waals surface area contributed by atoms with Gasteiger partial charge in [-0.2, -0.15) is 0 Å². The molecule has 1 aliphatic heterocycles. The predicted octanol–water partition coefficient (Wildman–Crippen LogP) is 1.83. The van der Waals surface area contributed by atoms with Crippen molar-refractivity contribution in [3.8, 4) is 0 Å². The molecule has 1 saturated heterocycles. The normalized spacial score (nSPS) is 14.8. The number of carbonyl (C=O) groups excluding carboxylic acids is 4. The number of rotatable bonds is 4. The Labute approximate surface area is 147 Å². The summed E-state index contributed by atoms with van der Waals surface area (Å²) in [5, 5.41) is 2.87. The van der Waals surface area contributed by atoms with Crippen LogP contribution in [-0.4, -0.2) is 51.1 Å². The van der Waals surface area contributed by atoms with Gasteiger partial charge in [-0.1, -0.05) is 23.2 Å². The molecule has 0 spiro atoms. The molecule has 0 radical (unpaired) electrons. The van der Waals surface area contributed by atoms with Gasteiger partial charge < -0.3 is 5.32 Å². The van der Waals surface area contributed by atoms with Crippen LogP contribution in [0.3, 0.4) is 0 Å². The van der Waals surface area contributed by atoms with Crippen LogP contribution in [0.15, 0.2) is 6.20 Å². The van der Waals surface area contributed by atoms with Crippen molar-refractivity contribution in [2.45, 2.75) is 26.8 Å². The molecular formula is C14H14Cl2N4O4. The van der Waals surface area contributed by atoms with E-state index < -0.39 is 36.3 Å². The van der Waals surface area contributed by atoms with Gasteiger partial charge in [-0.05, 0) is 26.3 Å². The molecule has 1 N–H and O–H groups in total. The van der Waals surface area contributed by atoms with E-state index >= 15 is 0 Å². The number of urea groups is 1. The zero-order chi connectivity index (χ0) is 18.2. The van der Waals surface area contributed by atoms with Crippen LogP contribution in [-0.2, 0) is 14.4 Å². The highest BCUT2D eigenvalue weighted by molar-refractivity contribution is 6.45. The van der Waals surface area contributed by atoms with E-state index in [9.17, 15) is 19.2 Å². The highest BCUT2D eigenvalue weighted by Gasteiger charge is 2.46. The number of halogens is 2. The number of imide groups is 2. The third-order valence-electron chi connectivity index (χ3n) is 3.36. The summed E-state index contributed by atoms with van der Waals surface area (Å²) in [5.41, 5.74) is 0.526. The van der Waals surface area contributed by atoms with Crippen molar-refractivity contribution in [1.29, 1.82) is 0 Å². The smallest absolute Gasteiger partial charge is 0.308 e. The van der Waals surface area contributed by atoms with E-state index in [0.29, 0.717) is 15.5 Å². The molecule has 0 aromatic carbocycles. The van der Waals surface area contributed by atoms with Gasteiger partial charge in [0, 0.05) is 12.2 Å². The van der Waals surface area contributed by atoms with Gasteiger partial charge in [0.15, 0.2) is 5.82 Å². The van der Waals surface area contributed by atoms with Crippen molar-refractivity contribution >= 4 is 52.8 Å². The van der Waals surface area contributed by atoms with E-state index in [2.05, 4.69) is 10.3 Å². The molecule has 128 valence electrons. The lowest BCUT2D eigenvalue weighted by Crippen LogP contribution is -2.40. The zero-order valence-corrected chi connectivity index (χ0v) is 14.6. The quantitative estimate of drug-likeness (QED) is 0.641. The van der Waals surface area contributed by atoms with Gasteiger partial charge in [-0.15, -0.1) is 0 Å². The molecule has 0 aliphatic carbocycles. The summed E-state index contributed by atoms with van der Waals surface area (Å²) in [4.78, 5) is 53.1. The number of carbonyl (C=O) groups is 4. The largest absolute Gasteiger partial charge is 0.334 e. The van der Waals surface area contributed by atoms with Crippen molar-refractivity contribution in [2.24, 2.45) is 0 Å². The minimum atomic E-state index is -1.05. The van der Waals surface area contributed by atoms with Crippen LogP contribution in [0.5, 0.6) is 0 Å². The van der Waals surface area contributed by atoms with Crippen LogP contribution >= 0.6 is 23.2 Å². The third-order valence-corrected chi connectivity index (χ3v) is 4.21. The molecule has 2 rings (SSSR count). The average molecular weight is 373 g/mol. The fraction of sp³-hybridized carbons (Fsp3) is 0.357. The summed E-state index contributed by atoms with van der Waals surface area (Å²) in [6.45, 7) is 4.21. The van der Waals surface area contributed by atoms with Gasteiger partial charge >= 0.3 is 17.8 Å². The standard InChI is InChI=1S/C14H14Cl2N4O4/c1-6(2)20-13(23)12(22)19(14(20)24)5-9(21)18-11-10(16)7(3)8(15)4-17-11/h4,6H,5H2,1-3H3,(H,17,18,21). The number of hydrogen-bond acceptors (Lipinski definition) is 5. The minimum Gasteiger partial charge on any atom is -0.308 e. The summed E-state index contributed by atoms with van der Waals surface area (Å²) >= 11 is 11.9. The number of amides is 5. The molecule has 0 bridgehead atoms. The summed E-state index contributed by atoms with van der Waals surface area (Å²) in [6.07, 6.45) is 1.31. The lowest BCUT2D eigenvalue weighted by Gasteiger charge is -2.18. The third kappa shape index (κ3) is 3.20. The summed E-state index contributed by atoms with van der Waals surface area (Å²) in [5.74, 6) is -2.67. The van der Waals surface area contributed by atoms with Gasteiger partial charge in [-0.3, -0.25) is 19.3 Å². The van der Waals surface area contributed by atoms with Gasteiger partial charge in [0.2, 0.25) is 5.91 Å². The van der Waals surface area contributed by atoms with Crippen molar-refractivity contribution in [3.63, 3.8) is 0 Å². The molecule has 24 heavy (non-hydrogen) atoms. The second kappa shape index (κ2) is 6.74.